The van der Waals surface area contributed by atoms with Crippen LogP contribution in [-0.2, 0) is 7.05 Å². The van der Waals surface area contributed by atoms with Crippen LogP contribution in [0.4, 0.5) is 8.78 Å². The molecule has 0 aliphatic carbocycles. The fourth-order valence-corrected chi connectivity index (χ4v) is 3.43. The van der Waals surface area contributed by atoms with Crippen LogP contribution in [0.15, 0.2) is 24.4 Å². The van der Waals surface area contributed by atoms with E-state index in [1.807, 2.05) is 6.07 Å². The molecule has 3 aromatic rings. The largest absolute Gasteiger partial charge is 0.338 e. The van der Waals surface area contributed by atoms with Gasteiger partial charge in [0.15, 0.2) is 5.78 Å². The summed E-state index contributed by atoms with van der Waals surface area (Å²) in [4.78, 5) is 21.4. The van der Waals surface area contributed by atoms with Gasteiger partial charge in [0.2, 0.25) is 0 Å². The minimum atomic E-state index is -2.58. The zero-order chi connectivity index (χ0) is 19.9. The molecule has 1 aliphatic rings. The Hall–Kier alpha value is -3.12. The number of aromatic nitrogens is 4. The van der Waals surface area contributed by atoms with E-state index in [9.17, 15) is 13.6 Å². The van der Waals surface area contributed by atoms with Gasteiger partial charge in [-0.1, -0.05) is 0 Å². The van der Waals surface area contributed by atoms with Gasteiger partial charge in [0.05, 0.1) is 30.0 Å². The lowest BCUT2D eigenvalue weighted by molar-refractivity contribution is -0.130. The molecule has 7 nitrogen and oxygen atoms in total. The van der Waals surface area contributed by atoms with Gasteiger partial charge in [-0.2, -0.15) is 10.4 Å². The Kier molecular flexibility index (Phi) is 4.43. The summed E-state index contributed by atoms with van der Waals surface area (Å²) in [6.45, 7) is 0.0314. The van der Waals surface area contributed by atoms with Crippen LogP contribution in [-0.4, -0.2) is 56.0 Å². The number of alkyl halides is 2. The molecule has 3 aromatic heterocycles. The van der Waals surface area contributed by atoms with E-state index in [1.54, 1.807) is 28.8 Å². The maximum absolute atomic E-state index is 12.8. The number of rotatable bonds is 6. The number of carbonyl (C=O) groups is 1. The number of aromatic amines is 1. The monoisotopic (exact) mass is 384 g/mol. The summed E-state index contributed by atoms with van der Waals surface area (Å²) in [5, 5.41) is 14.1. The van der Waals surface area contributed by atoms with E-state index in [1.165, 1.54) is 6.20 Å². The number of nitrogens with one attached hydrogen (secondary N) is 1. The molecule has 0 radical (unpaired) electrons. The van der Waals surface area contributed by atoms with Crippen molar-refractivity contribution in [2.24, 2.45) is 7.05 Å². The summed E-state index contributed by atoms with van der Waals surface area (Å²) >= 11 is 0. The Morgan fingerprint density at radius 3 is 2.86 bits per heavy atom. The van der Waals surface area contributed by atoms with Crippen molar-refractivity contribution in [3.63, 3.8) is 0 Å². The molecule has 0 spiro atoms. The highest BCUT2D eigenvalue weighted by Gasteiger charge is 2.43. The van der Waals surface area contributed by atoms with Gasteiger partial charge in [0.1, 0.15) is 17.4 Å². The molecule has 0 bridgehead atoms. The van der Waals surface area contributed by atoms with Crippen molar-refractivity contribution in [1.29, 1.82) is 5.26 Å². The number of fused-ring (bicyclic) bond motifs is 1. The summed E-state index contributed by atoms with van der Waals surface area (Å²) in [6, 6.07) is 7.36. The third-order valence-electron chi connectivity index (χ3n) is 4.83. The first-order valence-electron chi connectivity index (χ1n) is 8.91. The van der Waals surface area contributed by atoms with Crippen molar-refractivity contribution in [2.45, 2.75) is 18.8 Å². The van der Waals surface area contributed by atoms with Gasteiger partial charge in [0, 0.05) is 25.1 Å². The third kappa shape index (κ3) is 3.51. The number of nitrogens with zero attached hydrogens (tertiary/aromatic N) is 5. The number of ketones is 1. The van der Waals surface area contributed by atoms with E-state index in [0.717, 1.165) is 16.8 Å². The Balaban J connectivity index is 1.44. The fourth-order valence-electron chi connectivity index (χ4n) is 3.43. The predicted molar refractivity (Wildman–Crippen MR) is 98.0 cm³/mol. The van der Waals surface area contributed by atoms with Crippen molar-refractivity contribution in [3.05, 3.63) is 35.7 Å². The second-order valence-corrected chi connectivity index (χ2v) is 7.09. The van der Waals surface area contributed by atoms with Crippen LogP contribution in [0.3, 0.4) is 0 Å². The van der Waals surface area contributed by atoms with Gasteiger partial charge in [-0.25, -0.2) is 13.8 Å². The summed E-state index contributed by atoms with van der Waals surface area (Å²) in [7, 11) is 1.74. The molecular weight excluding hydrogens is 366 g/mol. The molecular formula is C19H18F2N6O. The van der Waals surface area contributed by atoms with Gasteiger partial charge >= 0.3 is 0 Å². The van der Waals surface area contributed by atoms with Crippen LogP contribution in [0.1, 0.15) is 28.9 Å². The molecule has 9 heteroatoms. The van der Waals surface area contributed by atoms with E-state index < -0.39 is 5.92 Å². The van der Waals surface area contributed by atoms with E-state index in [4.69, 9.17) is 5.26 Å². The van der Waals surface area contributed by atoms with Crippen LogP contribution in [0.5, 0.6) is 0 Å². The normalized spacial score (nSPS) is 16.1. The molecule has 1 aliphatic heterocycles. The summed E-state index contributed by atoms with van der Waals surface area (Å²) in [6.07, 6.45) is 2.28. The molecule has 0 saturated carbocycles. The number of likely N-dealkylation sites (tertiary alicyclic amines) is 1. The lowest BCUT2D eigenvalue weighted by Crippen LogP contribution is -2.56. The molecule has 144 valence electrons. The van der Waals surface area contributed by atoms with Crippen LogP contribution in [0, 0.1) is 11.3 Å². The van der Waals surface area contributed by atoms with Crippen molar-refractivity contribution >= 4 is 16.8 Å². The van der Waals surface area contributed by atoms with Crippen LogP contribution in [0.25, 0.3) is 22.4 Å². The number of halogens is 2. The molecule has 0 unspecified atom stereocenters. The third-order valence-corrected chi connectivity index (χ3v) is 4.83. The van der Waals surface area contributed by atoms with E-state index in [2.05, 4.69) is 21.1 Å². The maximum atomic E-state index is 12.8. The quantitative estimate of drug-likeness (QED) is 0.660. The molecule has 0 aromatic carbocycles. The van der Waals surface area contributed by atoms with Gasteiger partial charge in [-0.3, -0.25) is 14.4 Å². The van der Waals surface area contributed by atoms with Crippen LogP contribution < -0.4 is 0 Å². The van der Waals surface area contributed by atoms with E-state index >= 15 is 0 Å². The lowest BCUT2D eigenvalue weighted by Gasteiger charge is -2.38. The minimum absolute atomic E-state index is 0.116. The summed E-state index contributed by atoms with van der Waals surface area (Å²) < 4.78 is 27.3. The van der Waals surface area contributed by atoms with Gasteiger partial charge in [-0.05, 0) is 31.2 Å². The smallest absolute Gasteiger partial charge is 0.272 e. The molecule has 0 atom stereocenters. The number of nitriles is 1. The average molecular weight is 384 g/mol. The van der Waals surface area contributed by atoms with Crippen molar-refractivity contribution in [1.82, 2.24) is 24.6 Å². The standard InChI is InChI=1S/C19H18F2N6O/c1-26-16(14-6-13-5-12(8-22)9-23-18(13)24-14)7-15(25-26)17(28)3-2-4-27-10-19(20,21)11-27/h5-7,9H,2-4,10-11H2,1H3,(H,23,24). The van der Waals surface area contributed by atoms with Crippen LogP contribution in [0.2, 0.25) is 0 Å². The zero-order valence-corrected chi connectivity index (χ0v) is 15.2. The fraction of sp³-hybridized carbons (Fsp3) is 0.368. The second-order valence-electron chi connectivity index (χ2n) is 7.09. The highest BCUT2D eigenvalue weighted by Crippen LogP contribution is 2.27. The van der Waals surface area contributed by atoms with Gasteiger partial charge in [-0.15, -0.1) is 0 Å². The molecule has 0 amide bonds. The molecule has 1 saturated heterocycles. The number of H-pyrrole nitrogens is 1. The Labute approximate surface area is 159 Å². The SMILES string of the molecule is Cn1nc(C(=O)CCCN2CC(F)(F)C2)cc1-c1cc2cc(C#N)cnc2[nH]1. The molecule has 4 heterocycles. The van der Waals surface area contributed by atoms with Gasteiger partial charge < -0.3 is 4.98 Å². The summed E-state index contributed by atoms with van der Waals surface area (Å²) in [5.41, 5.74) is 2.93. The van der Waals surface area contributed by atoms with Crippen molar-refractivity contribution in [3.8, 4) is 17.5 Å². The molecule has 4 rings (SSSR count). The van der Waals surface area contributed by atoms with E-state index in [0.29, 0.717) is 29.9 Å². The highest BCUT2D eigenvalue weighted by molar-refractivity contribution is 5.95. The Bertz CT molecular complexity index is 1090. The average Bonchev–Trinajstić information content (AvgIpc) is 3.22. The first kappa shape index (κ1) is 18.3. The molecule has 28 heavy (non-hydrogen) atoms. The van der Waals surface area contributed by atoms with Gasteiger partial charge in [0.25, 0.3) is 5.92 Å². The number of Topliss-reactive ketones (excluding diaryl/α,β-unsaturated/α-hetero) is 1. The summed E-state index contributed by atoms with van der Waals surface area (Å²) in [5.74, 6) is -2.70. The zero-order valence-electron chi connectivity index (χ0n) is 15.2. The highest BCUT2D eigenvalue weighted by atomic mass is 19.3. The first-order chi connectivity index (χ1) is 13.3. The lowest BCUT2D eigenvalue weighted by atomic mass is 10.1. The minimum Gasteiger partial charge on any atom is -0.338 e. The number of aryl methyl sites for hydroxylation is 1. The van der Waals surface area contributed by atoms with Crippen molar-refractivity contribution in [2.75, 3.05) is 19.6 Å². The number of carbonyl (C=O) groups excluding carboxylic acids is 1. The number of hydrogen-bond acceptors (Lipinski definition) is 5. The first-order valence-corrected chi connectivity index (χ1v) is 8.91. The number of hydrogen-bond donors (Lipinski definition) is 1. The van der Waals surface area contributed by atoms with E-state index in [-0.39, 0.29) is 25.3 Å². The Morgan fingerprint density at radius 2 is 2.14 bits per heavy atom. The maximum Gasteiger partial charge on any atom is 0.272 e. The number of pyridine rings is 1. The molecule has 1 N–H and O–H groups in total. The Morgan fingerprint density at radius 1 is 1.36 bits per heavy atom. The second kappa shape index (κ2) is 6.80. The van der Waals surface area contributed by atoms with Crippen LogP contribution >= 0.6 is 0 Å². The van der Waals surface area contributed by atoms with Crippen molar-refractivity contribution < 1.29 is 13.6 Å². The predicted octanol–water partition coefficient (Wildman–Crippen LogP) is 2.75. The molecule has 1 fully saturated rings. The topological polar surface area (TPSA) is 90.6 Å².